The molecule has 2 N–H and O–H groups in total. The third kappa shape index (κ3) is 3.03. The van der Waals surface area contributed by atoms with Crippen molar-refractivity contribution in [2.45, 2.75) is 26.0 Å². The normalized spacial score (nSPS) is 12.2. The van der Waals surface area contributed by atoms with E-state index >= 15 is 0 Å². The van der Waals surface area contributed by atoms with Gasteiger partial charge in [0.05, 0.1) is 0 Å². The second-order valence-corrected chi connectivity index (χ2v) is 2.33. The minimum absolute atomic E-state index is 0. The van der Waals surface area contributed by atoms with Gasteiger partial charge in [0, 0.05) is 6.42 Å². The van der Waals surface area contributed by atoms with E-state index < -0.39 is 0 Å². The summed E-state index contributed by atoms with van der Waals surface area (Å²) < 4.78 is 1.75. The monoisotopic (exact) mass is 220 g/mol. The van der Waals surface area contributed by atoms with Crippen LogP contribution in [0, 0.1) is 0 Å². The summed E-state index contributed by atoms with van der Waals surface area (Å²) in [6, 6.07) is 0. The maximum absolute atomic E-state index is 9.35. The summed E-state index contributed by atoms with van der Waals surface area (Å²) in [5, 5.41) is 9.35. The van der Waals surface area contributed by atoms with E-state index in [2.05, 4.69) is 11.9 Å². The first-order chi connectivity index (χ1) is 4.84. The van der Waals surface area contributed by atoms with Crippen molar-refractivity contribution in [3.8, 4) is 0 Å². The van der Waals surface area contributed by atoms with Crippen LogP contribution in [0.4, 0.5) is 0 Å². The lowest BCUT2D eigenvalue weighted by molar-refractivity contribution is -0.759. The Morgan fingerprint density at radius 2 is 2.36 bits per heavy atom. The maximum atomic E-state index is 9.35. The molecule has 0 aliphatic carbocycles. The van der Waals surface area contributed by atoms with Gasteiger partial charge in [0.1, 0.15) is 12.4 Å². The van der Waals surface area contributed by atoms with Crippen LogP contribution in [0.5, 0.6) is 0 Å². The van der Waals surface area contributed by atoms with Crippen LogP contribution >= 0.6 is 0 Å². The Morgan fingerprint density at radius 3 is 2.82 bits per heavy atom. The number of imidazole rings is 1. The fraction of sp³-hybridized carbons (Fsp3) is 0.571. The number of nitrogens with one attached hydrogen (secondary N) is 1. The van der Waals surface area contributed by atoms with E-state index in [4.69, 9.17) is 0 Å². The largest absolute Gasteiger partial charge is 1.00 e. The van der Waals surface area contributed by atoms with Crippen molar-refractivity contribution < 1.29 is 26.7 Å². The van der Waals surface area contributed by atoms with Crippen LogP contribution in [0.25, 0.3) is 0 Å². The molecule has 1 unspecified atom stereocenters. The molecule has 0 radical (unpaired) electrons. The molecular formula is C7H13BrN2O. The number of halogens is 1. The average Bonchev–Trinajstić information content (AvgIpc) is 2.38. The summed E-state index contributed by atoms with van der Waals surface area (Å²) in [5.74, 6) is 0. The minimum Gasteiger partial charge on any atom is -1.00 e. The van der Waals surface area contributed by atoms with Crippen molar-refractivity contribution in [1.29, 1.82) is 0 Å². The Bertz CT molecular complexity index is 177. The molecule has 0 amide bonds. The van der Waals surface area contributed by atoms with E-state index in [9.17, 15) is 5.11 Å². The van der Waals surface area contributed by atoms with Gasteiger partial charge in [0.2, 0.25) is 6.33 Å². The molecule has 0 aromatic carbocycles. The molecule has 0 fully saturated rings. The average molecular weight is 221 g/mol. The summed E-state index contributed by atoms with van der Waals surface area (Å²) in [6.45, 7) is 2.05. The highest BCUT2D eigenvalue weighted by atomic mass is 79.9. The molecule has 11 heavy (non-hydrogen) atoms. The van der Waals surface area contributed by atoms with Crippen molar-refractivity contribution in [2.75, 3.05) is 0 Å². The molecule has 0 bridgehead atoms. The van der Waals surface area contributed by atoms with Crippen LogP contribution < -0.4 is 21.5 Å². The van der Waals surface area contributed by atoms with Gasteiger partial charge in [-0.2, -0.15) is 0 Å². The van der Waals surface area contributed by atoms with Crippen LogP contribution in [0.1, 0.15) is 26.0 Å². The molecule has 3 nitrogen and oxygen atoms in total. The number of rotatable bonds is 3. The second-order valence-electron chi connectivity index (χ2n) is 2.33. The van der Waals surface area contributed by atoms with E-state index in [1.807, 2.05) is 6.20 Å². The number of aromatic nitrogens is 2. The van der Waals surface area contributed by atoms with E-state index in [0.29, 0.717) is 0 Å². The van der Waals surface area contributed by atoms with Gasteiger partial charge in [0.25, 0.3) is 0 Å². The maximum Gasteiger partial charge on any atom is 0.243 e. The van der Waals surface area contributed by atoms with Crippen molar-refractivity contribution >= 4 is 0 Å². The third-order valence-corrected chi connectivity index (χ3v) is 1.46. The van der Waals surface area contributed by atoms with E-state index in [1.165, 1.54) is 0 Å². The minimum atomic E-state index is -0.365. The topological polar surface area (TPSA) is 39.9 Å². The second kappa shape index (κ2) is 5.32. The third-order valence-electron chi connectivity index (χ3n) is 1.46. The Morgan fingerprint density at radius 1 is 1.64 bits per heavy atom. The fourth-order valence-electron chi connectivity index (χ4n) is 0.894. The van der Waals surface area contributed by atoms with Crippen molar-refractivity contribution in [3.05, 3.63) is 18.7 Å². The zero-order valence-electron chi connectivity index (χ0n) is 6.50. The summed E-state index contributed by atoms with van der Waals surface area (Å²) in [6.07, 6.45) is 6.80. The Balaban J connectivity index is 0.000001000. The smallest absolute Gasteiger partial charge is 0.243 e. The Kier molecular flexibility index (Phi) is 5.15. The number of H-pyrrole nitrogens is 1. The predicted molar refractivity (Wildman–Crippen MR) is 37.2 cm³/mol. The predicted octanol–water partition coefficient (Wildman–Crippen LogP) is -2.40. The lowest BCUT2D eigenvalue weighted by Crippen LogP contribution is -3.00. The van der Waals surface area contributed by atoms with Gasteiger partial charge in [-0.15, -0.1) is 0 Å². The van der Waals surface area contributed by atoms with Crippen LogP contribution in [-0.4, -0.2) is 10.1 Å². The quantitative estimate of drug-likeness (QED) is 0.549. The molecule has 64 valence electrons. The van der Waals surface area contributed by atoms with E-state index in [1.54, 1.807) is 17.1 Å². The SMILES string of the molecule is CCCC(O)[n+]1cc[nH]c1.[Br-]. The molecule has 1 aromatic rings. The number of aromatic amines is 1. The summed E-state index contributed by atoms with van der Waals surface area (Å²) >= 11 is 0. The van der Waals surface area contributed by atoms with Crippen LogP contribution in [0.2, 0.25) is 0 Å². The molecule has 0 aliphatic heterocycles. The number of hydrogen-bond donors (Lipinski definition) is 2. The highest BCUT2D eigenvalue weighted by Gasteiger charge is 2.07. The molecule has 1 atom stereocenters. The molecule has 0 saturated carbocycles. The van der Waals surface area contributed by atoms with Gasteiger partial charge in [-0.05, 0) is 6.42 Å². The lowest BCUT2D eigenvalue weighted by atomic mass is 10.3. The number of aliphatic hydroxyl groups is 1. The van der Waals surface area contributed by atoms with E-state index in [-0.39, 0.29) is 23.2 Å². The molecule has 1 heterocycles. The molecular weight excluding hydrogens is 208 g/mol. The highest BCUT2D eigenvalue weighted by Crippen LogP contribution is 1.99. The fourth-order valence-corrected chi connectivity index (χ4v) is 0.894. The number of hydrogen-bond acceptors (Lipinski definition) is 1. The molecule has 1 aromatic heterocycles. The zero-order chi connectivity index (χ0) is 7.40. The van der Waals surface area contributed by atoms with Crippen molar-refractivity contribution in [2.24, 2.45) is 0 Å². The van der Waals surface area contributed by atoms with Gasteiger partial charge >= 0.3 is 0 Å². The highest BCUT2D eigenvalue weighted by molar-refractivity contribution is 4.56. The van der Waals surface area contributed by atoms with Gasteiger partial charge in [-0.3, -0.25) is 4.98 Å². The van der Waals surface area contributed by atoms with Crippen molar-refractivity contribution in [3.63, 3.8) is 0 Å². The van der Waals surface area contributed by atoms with Gasteiger partial charge in [-0.1, -0.05) is 6.92 Å². The molecule has 4 heteroatoms. The van der Waals surface area contributed by atoms with Crippen LogP contribution in [-0.2, 0) is 0 Å². The first-order valence-electron chi connectivity index (χ1n) is 3.56. The van der Waals surface area contributed by atoms with Gasteiger partial charge in [-0.25, -0.2) is 4.57 Å². The molecule has 0 aliphatic rings. The molecule has 0 spiro atoms. The first-order valence-corrected chi connectivity index (χ1v) is 3.56. The van der Waals surface area contributed by atoms with E-state index in [0.717, 1.165) is 12.8 Å². The first kappa shape index (κ1) is 10.7. The Labute approximate surface area is 76.8 Å². The van der Waals surface area contributed by atoms with Gasteiger partial charge in [0.15, 0.2) is 6.23 Å². The number of aliphatic hydroxyl groups excluding tert-OH is 1. The summed E-state index contributed by atoms with van der Waals surface area (Å²) in [7, 11) is 0. The summed E-state index contributed by atoms with van der Waals surface area (Å²) in [5.41, 5.74) is 0. The zero-order valence-corrected chi connectivity index (χ0v) is 8.08. The standard InChI is InChI=1S/C7H12N2O.BrH/c1-2-3-7(10)9-5-4-8-6-9;/h4-7,10H,2-3H2,1H3;1H. The molecule has 0 saturated heterocycles. The lowest BCUT2D eigenvalue weighted by Gasteiger charge is -2.02. The van der Waals surface area contributed by atoms with Crippen LogP contribution in [0.15, 0.2) is 18.7 Å². The summed E-state index contributed by atoms with van der Waals surface area (Å²) in [4.78, 5) is 2.87. The van der Waals surface area contributed by atoms with Crippen LogP contribution in [0.3, 0.4) is 0 Å². The Hall–Kier alpha value is -0.350. The van der Waals surface area contributed by atoms with Crippen molar-refractivity contribution in [1.82, 2.24) is 4.98 Å². The number of nitrogens with zero attached hydrogens (tertiary/aromatic N) is 1. The van der Waals surface area contributed by atoms with Gasteiger partial charge < -0.3 is 22.1 Å². The molecule has 1 rings (SSSR count).